The largest absolute Gasteiger partial charge is 0.462 e. The Morgan fingerprint density at radius 1 is 1.55 bits per heavy atom. The minimum atomic E-state index is -3.31. The molecule has 66 valence electrons. The Morgan fingerprint density at radius 2 is 2.09 bits per heavy atom. The van der Waals surface area contributed by atoms with Crippen molar-refractivity contribution < 1.29 is 23.1 Å². The maximum Gasteiger partial charge on any atom is 0.321 e. The summed E-state index contributed by atoms with van der Waals surface area (Å²) in [5.74, 6) is -1.46. The average Bonchev–Trinajstić information content (AvgIpc) is 1.79. The Labute approximate surface area is 64.9 Å². The van der Waals surface area contributed by atoms with Crippen molar-refractivity contribution in [3.63, 3.8) is 0 Å². The van der Waals surface area contributed by atoms with E-state index in [2.05, 4.69) is 4.74 Å². The predicted octanol–water partition coefficient (Wildman–Crippen LogP) is -1.43. The molecule has 0 rings (SSSR count). The highest BCUT2D eigenvalue weighted by Crippen LogP contribution is 1.85. The Morgan fingerprint density at radius 3 is 2.45 bits per heavy atom. The van der Waals surface area contributed by atoms with Crippen LogP contribution in [0.3, 0.4) is 0 Å². The summed E-state index contributed by atoms with van der Waals surface area (Å²) >= 11 is 0. The van der Waals surface area contributed by atoms with E-state index < -0.39 is 21.6 Å². The second-order valence-corrected chi connectivity index (χ2v) is 4.15. The number of esters is 1. The standard InChI is InChI=1S/C5H10O5S/c1-11(8,9)4-5(7)10-3-2-6/h6H,2-4H2,1H3. The molecular weight excluding hydrogens is 172 g/mol. The summed E-state index contributed by atoms with van der Waals surface area (Å²) in [6.07, 6.45) is 0.938. The van der Waals surface area contributed by atoms with Gasteiger partial charge in [-0.15, -0.1) is 0 Å². The van der Waals surface area contributed by atoms with Crippen molar-refractivity contribution in [2.45, 2.75) is 0 Å². The molecule has 1 N–H and O–H groups in total. The van der Waals surface area contributed by atoms with Crippen LogP contribution in [0.25, 0.3) is 0 Å². The second-order valence-electron chi connectivity index (χ2n) is 2.01. The first kappa shape index (κ1) is 10.4. The van der Waals surface area contributed by atoms with Gasteiger partial charge in [-0.1, -0.05) is 0 Å². The summed E-state index contributed by atoms with van der Waals surface area (Å²) in [7, 11) is -3.31. The van der Waals surface area contributed by atoms with Crippen LogP contribution < -0.4 is 0 Å². The third-order valence-corrected chi connectivity index (χ3v) is 1.49. The quantitative estimate of drug-likeness (QED) is 0.539. The Kier molecular flexibility index (Phi) is 4.06. The fourth-order valence-corrected chi connectivity index (χ4v) is 0.927. The van der Waals surface area contributed by atoms with Crippen molar-refractivity contribution in [2.75, 3.05) is 25.2 Å². The van der Waals surface area contributed by atoms with Gasteiger partial charge in [0.25, 0.3) is 0 Å². The number of sulfone groups is 1. The van der Waals surface area contributed by atoms with E-state index in [4.69, 9.17) is 5.11 Å². The van der Waals surface area contributed by atoms with Gasteiger partial charge in [0.2, 0.25) is 0 Å². The summed E-state index contributed by atoms with van der Waals surface area (Å²) in [5, 5.41) is 8.19. The normalized spacial score (nSPS) is 11.1. The summed E-state index contributed by atoms with van der Waals surface area (Å²) in [4.78, 5) is 10.5. The molecule has 5 nitrogen and oxygen atoms in total. The summed E-state index contributed by atoms with van der Waals surface area (Å²) < 4.78 is 25.2. The van der Waals surface area contributed by atoms with Gasteiger partial charge in [0.1, 0.15) is 12.4 Å². The molecule has 0 aliphatic heterocycles. The topological polar surface area (TPSA) is 80.7 Å². The molecule has 0 spiro atoms. The lowest BCUT2D eigenvalue weighted by Crippen LogP contribution is -2.18. The molecule has 0 aliphatic rings. The SMILES string of the molecule is CS(=O)(=O)CC(=O)OCCO. The zero-order chi connectivity index (χ0) is 8.91. The maximum atomic E-state index is 10.5. The van der Waals surface area contributed by atoms with Crippen LogP contribution in [0.4, 0.5) is 0 Å². The molecule has 0 aromatic carbocycles. The van der Waals surface area contributed by atoms with E-state index in [9.17, 15) is 13.2 Å². The van der Waals surface area contributed by atoms with Gasteiger partial charge in [-0.25, -0.2) is 8.42 Å². The van der Waals surface area contributed by atoms with Gasteiger partial charge in [-0.05, 0) is 0 Å². The Balaban J connectivity index is 3.71. The summed E-state index contributed by atoms with van der Waals surface area (Å²) in [5.41, 5.74) is 0. The highest BCUT2D eigenvalue weighted by atomic mass is 32.2. The molecule has 0 unspecified atom stereocenters. The molecule has 0 radical (unpaired) electrons. The van der Waals surface area contributed by atoms with Gasteiger partial charge in [0, 0.05) is 6.26 Å². The van der Waals surface area contributed by atoms with Crippen LogP contribution in [0.15, 0.2) is 0 Å². The predicted molar refractivity (Wildman–Crippen MR) is 37.8 cm³/mol. The van der Waals surface area contributed by atoms with E-state index in [1.54, 1.807) is 0 Å². The van der Waals surface area contributed by atoms with Crippen molar-refractivity contribution in [3.8, 4) is 0 Å². The van der Waals surface area contributed by atoms with Crippen LogP contribution in [-0.4, -0.2) is 44.7 Å². The summed E-state index contributed by atoms with van der Waals surface area (Å²) in [6.45, 7) is -0.455. The van der Waals surface area contributed by atoms with E-state index in [1.165, 1.54) is 0 Å². The van der Waals surface area contributed by atoms with Crippen molar-refractivity contribution in [2.24, 2.45) is 0 Å². The fourth-order valence-electron chi connectivity index (χ4n) is 0.415. The highest BCUT2D eigenvalue weighted by molar-refractivity contribution is 7.91. The molecule has 0 aromatic rings. The van der Waals surface area contributed by atoms with Crippen LogP contribution in [0.1, 0.15) is 0 Å². The van der Waals surface area contributed by atoms with Crippen molar-refractivity contribution >= 4 is 15.8 Å². The molecule has 0 heterocycles. The van der Waals surface area contributed by atoms with Crippen molar-refractivity contribution in [1.82, 2.24) is 0 Å². The monoisotopic (exact) mass is 182 g/mol. The number of carbonyl (C=O) groups is 1. The van der Waals surface area contributed by atoms with Gasteiger partial charge >= 0.3 is 5.97 Å². The molecule has 0 aromatic heterocycles. The van der Waals surface area contributed by atoms with Crippen LogP contribution in [0.5, 0.6) is 0 Å². The first-order chi connectivity index (χ1) is 4.95. The van der Waals surface area contributed by atoms with E-state index >= 15 is 0 Å². The van der Waals surface area contributed by atoms with Crippen molar-refractivity contribution in [1.29, 1.82) is 0 Å². The van der Waals surface area contributed by atoms with E-state index in [-0.39, 0.29) is 13.2 Å². The molecule has 0 saturated carbocycles. The van der Waals surface area contributed by atoms with E-state index in [0.29, 0.717) is 0 Å². The Hall–Kier alpha value is -0.620. The number of rotatable bonds is 4. The third-order valence-electron chi connectivity index (χ3n) is 0.734. The first-order valence-electron chi connectivity index (χ1n) is 2.90. The number of aliphatic hydroxyl groups excluding tert-OH is 1. The molecule has 0 atom stereocenters. The molecule has 0 amide bonds. The van der Waals surface area contributed by atoms with Gasteiger partial charge in [-0.2, -0.15) is 0 Å². The van der Waals surface area contributed by atoms with E-state index in [0.717, 1.165) is 6.26 Å². The lowest BCUT2D eigenvalue weighted by Gasteiger charge is -1.99. The van der Waals surface area contributed by atoms with Gasteiger partial charge in [0.05, 0.1) is 6.61 Å². The average molecular weight is 182 g/mol. The molecule has 0 bridgehead atoms. The van der Waals surface area contributed by atoms with Gasteiger partial charge in [-0.3, -0.25) is 4.79 Å². The van der Waals surface area contributed by atoms with Crippen molar-refractivity contribution in [3.05, 3.63) is 0 Å². The number of carbonyl (C=O) groups excluding carboxylic acids is 1. The van der Waals surface area contributed by atoms with E-state index in [1.807, 2.05) is 0 Å². The summed E-state index contributed by atoms with van der Waals surface area (Å²) in [6, 6.07) is 0. The van der Waals surface area contributed by atoms with Crippen LogP contribution in [0.2, 0.25) is 0 Å². The molecule has 11 heavy (non-hydrogen) atoms. The van der Waals surface area contributed by atoms with Crippen LogP contribution >= 0.6 is 0 Å². The zero-order valence-electron chi connectivity index (χ0n) is 6.11. The Bertz CT molecular complexity index is 217. The van der Waals surface area contributed by atoms with Crippen LogP contribution in [-0.2, 0) is 19.4 Å². The molecular formula is C5H10O5S. The molecule has 6 heteroatoms. The minimum Gasteiger partial charge on any atom is -0.462 e. The number of hydrogen-bond acceptors (Lipinski definition) is 5. The molecule has 0 fully saturated rings. The molecule has 0 saturated heterocycles. The number of aliphatic hydroxyl groups is 1. The minimum absolute atomic E-state index is 0.158. The lowest BCUT2D eigenvalue weighted by molar-refractivity contribution is -0.141. The fraction of sp³-hybridized carbons (Fsp3) is 0.800. The zero-order valence-corrected chi connectivity index (χ0v) is 6.93. The number of ether oxygens (including phenoxy) is 1. The highest BCUT2D eigenvalue weighted by Gasteiger charge is 2.10. The van der Waals surface area contributed by atoms with Gasteiger partial charge in [0.15, 0.2) is 9.84 Å². The number of hydrogen-bond donors (Lipinski definition) is 1. The second kappa shape index (κ2) is 4.30. The van der Waals surface area contributed by atoms with Crippen LogP contribution in [0, 0.1) is 0 Å². The lowest BCUT2D eigenvalue weighted by atomic mass is 10.7. The smallest absolute Gasteiger partial charge is 0.321 e. The third kappa shape index (κ3) is 7.27. The van der Waals surface area contributed by atoms with Gasteiger partial charge < -0.3 is 9.84 Å². The first-order valence-corrected chi connectivity index (χ1v) is 4.96. The molecule has 0 aliphatic carbocycles. The maximum absolute atomic E-state index is 10.5.